The molecule has 1 saturated carbocycles. The van der Waals surface area contributed by atoms with E-state index in [1.54, 1.807) is 6.20 Å². The minimum atomic E-state index is 0.251. The smallest absolute Gasteiger partial charge is 0.177 e. The molecule has 1 aliphatic carbocycles. The Morgan fingerprint density at radius 1 is 1.33 bits per heavy atom. The average molecular weight is 201 g/mol. The zero-order chi connectivity index (χ0) is 10.3. The van der Waals surface area contributed by atoms with Gasteiger partial charge in [-0.2, -0.15) is 0 Å². The number of pyridine rings is 1. The van der Waals surface area contributed by atoms with Crippen LogP contribution >= 0.6 is 0 Å². The molecular formula is C12H15N3. The molecule has 1 N–H and O–H groups in total. The summed E-state index contributed by atoms with van der Waals surface area (Å²) < 4.78 is 0. The Bertz CT molecular complexity index is 447. The third kappa shape index (κ3) is 1.34. The Labute approximate surface area is 88.9 Å². The Kier molecular flexibility index (Phi) is 1.81. The van der Waals surface area contributed by atoms with E-state index in [0.717, 1.165) is 17.0 Å². The molecule has 2 heterocycles. The molecular weight excluding hydrogens is 186 g/mol. The van der Waals surface area contributed by atoms with Crippen molar-refractivity contribution >= 4 is 11.2 Å². The van der Waals surface area contributed by atoms with E-state index in [0.29, 0.717) is 0 Å². The molecule has 3 heteroatoms. The van der Waals surface area contributed by atoms with E-state index in [1.165, 1.54) is 25.7 Å². The van der Waals surface area contributed by atoms with Crippen LogP contribution in [-0.2, 0) is 5.41 Å². The molecule has 0 saturated heterocycles. The minimum Gasteiger partial charge on any atom is -0.340 e. The van der Waals surface area contributed by atoms with Crippen LogP contribution in [0, 0.1) is 0 Å². The molecule has 3 rings (SSSR count). The van der Waals surface area contributed by atoms with Gasteiger partial charge in [0.05, 0.1) is 5.52 Å². The van der Waals surface area contributed by atoms with Crippen LogP contribution in [0.3, 0.4) is 0 Å². The van der Waals surface area contributed by atoms with Crippen molar-refractivity contribution in [2.24, 2.45) is 0 Å². The van der Waals surface area contributed by atoms with Crippen molar-refractivity contribution in [1.29, 1.82) is 0 Å². The summed E-state index contributed by atoms with van der Waals surface area (Å²) in [6, 6.07) is 3.98. The maximum absolute atomic E-state index is 4.60. The van der Waals surface area contributed by atoms with E-state index in [-0.39, 0.29) is 5.41 Å². The Hall–Kier alpha value is -1.38. The highest BCUT2D eigenvalue weighted by Gasteiger charge is 2.33. The van der Waals surface area contributed by atoms with Crippen LogP contribution in [0.15, 0.2) is 18.3 Å². The molecule has 1 aliphatic rings. The highest BCUT2D eigenvalue weighted by atomic mass is 15.0. The second-order valence-corrected chi connectivity index (χ2v) is 4.73. The summed E-state index contributed by atoms with van der Waals surface area (Å²) in [5.41, 5.74) is 2.15. The molecule has 15 heavy (non-hydrogen) atoms. The van der Waals surface area contributed by atoms with Crippen LogP contribution in [0.5, 0.6) is 0 Å². The first-order valence-electron chi connectivity index (χ1n) is 5.59. The third-order valence-corrected chi connectivity index (χ3v) is 3.54. The minimum absolute atomic E-state index is 0.251. The summed E-state index contributed by atoms with van der Waals surface area (Å²) in [6.07, 6.45) is 6.92. The number of aromatic nitrogens is 3. The van der Waals surface area contributed by atoms with E-state index in [9.17, 15) is 0 Å². The van der Waals surface area contributed by atoms with Gasteiger partial charge in [0.2, 0.25) is 0 Å². The normalized spacial score (nSPS) is 19.8. The number of hydrogen-bond donors (Lipinski definition) is 1. The zero-order valence-corrected chi connectivity index (χ0v) is 8.95. The van der Waals surface area contributed by atoms with Crippen molar-refractivity contribution in [1.82, 2.24) is 15.0 Å². The van der Waals surface area contributed by atoms with Crippen LogP contribution in [0.2, 0.25) is 0 Å². The number of fused-ring (bicyclic) bond motifs is 1. The molecule has 2 aromatic heterocycles. The second kappa shape index (κ2) is 3.05. The Balaban J connectivity index is 2.11. The van der Waals surface area contributed by atoms with Crippen molar-refractivity contribution in [2.45, 2.75) is 38.0 Å². The van der Waals surface area contributed by atoms with Crippen LogP contribution < -0.4 is 0 Å². The third-order valence-electron chi connectivity index (χ3n) is 3.54. The van der Waals surface area contributed by atoms with Gasteiger partial charge in [-0.05, 0) is 25.0 Å². The van der Waals surface area contributed by atoms with Gasteiger partial charge in [-0.15, -0.1) is 0 Å². The molecule has 0 aliphatic heterocycles. The van der Waals surface area contributed by atoms with E-state index in [4.69, 9.17) is 0 Å². The molecule has 78 valence electrons. The lowest BCUT2D eigenvalue weighted by atomic mass is 9.88. The number of imidazole rings is 1. The fraction of sp³-hybridized carbons (Fsp3) is 0.500. The highest BCUT2D eigenvalue weighted by molar-refractivity contribution is 5.70. The summed E-state index contributed by atoms with van der Waals surface area (Å²) >= 11 is 0. The molecule has 0 unspecified atom stereocenters. The fourth-order valence-electron chi connectivity index (χ4n) is 2.52. The van der Waals surface area contributed by atoms with Crippen molar-refractivity contribution in [3.8, 4) is 0 Å². The van der Waals surface area contributed by atoms with E-state index in [2.05, 4.69) is 21.9 Å². The number of nitrogens with zero attached hydrogens (tertiary/aromatic N) is 2. The van der Waals surface area contributed by atoms with E-state index < -0.39 is 0 Å². The lowest BCUT2D eigenvalue weighted by Crippen LogP contribution is -2.18. The van der Waals surface area contributed by atoms with Gasteiger partial charge in [0.25, 0.3) is 0 Å². The summed E-state index contributed by atoms with van der Waals surface area (Å²) in [5.74, 6) is 1.12. The summed E-state index contributed by atoms with van der Waals surface area (Å²) in [7, 11) is 0. The van der Waals surface area contributed by atoms with Gasteiger partial charge in [0, 0.05) is 11.6 Å². The maximum Gasteiger partial charge on any atom is 0.177 e. The lowest BCUT2D eigenvalue weighted by Gasteiger charge is -2.19. The quantitative estimate of drug-likeness (QED) is 0.770. The van der Waals surface area contributed by atoms with Crippen molar-refractivity contribution < 1.29 is 0 Å². The number of aromatic amines is 1. The van der Waals surface area contributed by atoms with E-state index in [1.807, 2.05) is 12.1 Å². The molecule has 0 spiro atoms. The first-order valence-corrected chi connectivity index (χ1v) is 5.59. The molecule has 2 aromatic rings. The predicted molar refractivity (Wildman–Crippen MR) is 59.7 cm³/mol. The Morgan fingerprint density at radius 3 is 2.87 bits per heavy atom. The molecule has 0 amide bonds. The number of nitrogens with one attached hydrogen (secondary N) is 1. The predicted octanol–water partition coefficient (Wildman–Crippen LogP) is 2.79. The molecule has 0 aromatic carbocycles. The average Bonchev–Trinajstić information content (AvgIpc) is 2.84. The second-order valence-electron chi connectivity index (χ2n) is 4.73. The summed E-state index contributed by atoms with van der Waals surface area (Å²) in [6.45, 7) is 2.30. The molecule has 3 nitrogen and oxygen atoms in total. The van der Waals surface area contributed by atoms with E-state index >= 15 is 0 Å². The van der Waals surface area contributed by atoms with Crippen LogP contribution in [-0.4, -0.2) is 15.0 Å². The van der Waals surface area contributed by atoms with Crippen molar-refractivity contribution in [2.75, 3.05) is 0 Å². The summed E-state index contributed by atoms with van der Waals surface area (Å²) in [4.78, 5) is 12.3. The fourth-order valence-corrected chi connectivity index (χ4v) is 2.52. The number of rotatable bonds is 1. The Morgan fingerprint density at radius 2 is 2.13 bits per heavy atom. The van der Waals surface area contributed by atoms with Crippen molar-refractivity contribution in [3.05, 3.63) is 24.2 Å². The molecule has 1 fully saturated rings. The largest absolute Gasteiger partial charge is 0.340 e. The first kappa shape index (κ1) is 8.89. The van der Waals surface area contributed by atoms with Gasteiger partial charge in [-0.1, -0.05) is 19.8 Å². The van der Waals surface area contributed by atoms with Gasteiger partial charge >= 0.3 is 0 Å². The lowest BCUT2D eigenvalue weighted by molar-refractivity contribution is 0.464. The zero-order valence-electron chi connectivity index (χ0n) is 8.95. The van der Waals surface area contributed by atoms with Gasteiger partial charge in [-0.25, -0.2) is 9.97 Å². The van der Waals surface area contributed by atoms with Gasteiger partial charge in [0.15, 0.2) is 5.65 Å². The summed E-state index contributed by atoms with van der Waals surface area (Å²) in [5, 5.41) is 0. The molecule has 0 bridgehead atoms. The first-order chi connectivity index (χ1) is 7.28. The molecule has 0 radical (unpaired) electrons. The van der Waals surface area contributed by atoms with Gasteiger partial charge in [-0.3, -0.25) is 0 Å². The van der Waals surface area contributed by atoms with Gasteiger partial charge in [0.1, 0.15) is 5.82 Å². The SMILES string of the molecule is CC1(c2nc3ncccc3[nH]2)CCCC1. The number of H-pyrrole nitrogens is 1. The number of hydrogen-bond acceptors (Lipinski definition) is 2. The standard InChI is InChI=1S/C12H15N3/c1-12(6-2-3-7-12)11-14-9-5-4-8-13-10(9)15-11/h4-5,8H,2-3,6-7H2,1H3,(H,13,14,15). The molecule has 0 atom stereocenters. The van der Waals surface area contributed by atoms with Crippen LogP contribution in [0.4, 0.5) is 0 Å². The topological polar surface area (TPSA) is 41.6 Å². The van der Waals surface area contributed by atoms with Crippen LogP contribution in [0.1, 0.15) is 38.4 Å². The van der Waals surface area contributed by atoms with Crippen LogP contribution in [0.25, 0.3) is 11.2 Å². The maximum atomic E-state index is 4.60. The monoisotopic (exact) mass is 201 g/mol. The highest BCUT2D eigenvalue weighted by Crippen LogP contribution is 2.39. The van der Waals surface area contributed by atoms with Gasteiger partial charge < -0.3 is 4.98 Å². The van der Waals surface area contributed by atoms with Crippen molar-refractivity contribution in [3.63, 3.8) is 0 Å².